The van der Waals surface area contributed by atoms with Gasteiger partial charge >= 0.3 is 0 Å². The Balaban J connectivity index is 1.58. The van der Waals surface area contributed by atoms with Gasteiger partial charge in [-0.25, -0.2) is 0 Å². The molecule has 2 amide bonds. The van der Waals surface area contributed by atoms with Gasteiger partial charge in [0.1, 0.15) is 0 Å². The number of rotatable bonds is 6. The molecule has 0 unspecified atom stereocenters. The zero-order valence-electron chi connectivity index (χ0n) is 16.4. The summed E-state index contributed by atoms with van der Waals surface area (Å²) in [7, 11) is 3.97. The van der Waals surface area contributed by atoms with Crippen molar-refractivity contribution in [2.45, 2.75) is 43.7 Å². The molecule has 2 aliphatic heterocycles. The van der Waals surface area contributed by atoms with Crippen molar-refractivity contribution in [3.8, 4) is 0 Å². The molecule has 0 aliphatic carbocycles. The maximum Gasteiger partial charge on any atom is 0.222 e. The van der Waals surface area contributed by atoms with Crippen molar-refractivity contribution >= 4 is 11.8 Å². The normalized spacial score (nSPS) is 26.1. The van der Waals surface area contributed by atoms with E-state index in [9.17, 15) is 14.7 Å². The third-order valence-corrected chi connectivity index (χ3v) is 6.12. The molecule has 6 heteroatoms. The lowest BCUT2D eigenvalue weighted by atomic mass is 9.77. The molecule has 0 radical (unpaired) electrons. The molecular formula is C21H31N3O3. The number of amides is 2. The number of nitrogens with zero attached hydrogens (tertiary/aromatic N) is 3. The number of hydrogen-bond acceptors (Lipinski definition) is 4. The van der Waals surface area contributed by atoms with Gasteiger partial charge in [-0.2, -0.15) is 0 Å². The number of aliphatic hydroxyl groups is 1. The number of likely N-dealkylation sites (tertiary alicyclic amines) is 2. The van der Waals surface area contributed by atoms with E-state index in [1.54, 1.807) is 4.90 Å². The molecule has 2 atom stereocenters. The number of benzene rings is 1. The van der Waals surface area contributed by atoms with Gasteiger partial charge in [0.15, 0.2) is 0 Å². The van der Waals surface area contributed by atoms with E-state index in [-0.39, 0.29) is 11.8 Å². The second kappa shape index (κ2) is 8.40. The van der Waals surface area contributed by atoms with Crippen molar-refractivity contribution in [3.63, 3.8) is 0 Å². The molecule has 148 valence electrons. The fourth-order valence-electron chi connectivity index (χ4n) is 4.51. The highest BCUT2D eigenvalue weighted by molar-refractivity contribution is 5.78. The average Bonchev–Trinajstić information content (AvgIpc) is 3.07. The van der Waals surface area contributed by atoms with E-state index in [4.69, 9.17) is 0 Å². The van der Waals surface area contributed by atoms with Crippen LogP contribution in [0.15, 0.2) is 30.3 Å². The molecular weight excluding hydrogens is 342 g/mol. The van der Waals surface area contributed by atoms with Crippen LogP contribution in [0.2, 0.25) is 0 Å². The quantitative estimate of drug-likeness (QED) is 0.820. The van der Waals surface area contributed by atoms with Crippen LogP contribution in [0.1, 0.15) is 37.7 Å². The Morgan fingerprint density at radius 1 is 1.26 bits per heavy atom. The van der Waals surface area contributed by atoms with Crippen molar-refractivity contribution < 1.29 is 14.7 Å². The molecule has 2 aliphatic rings. The lowest BCUT2D eigenvalue weighted by Gasteiger charge is -2.50. The fourth-order valence-corrected chi connectivity index (χ4v) is 4.51. The maximum absolute atomic E-state index is 12.6. The molecule has 0 aromatic heterocycles. The number of aliphatic hydroxyl groups excluding tert-OH is 1. The van der Waals surface area contributed by atoms with E-state index in [1.807, 2.05) is 49.3 Å². The van der Waals surface area contributed by atoms with Crippen molar-refractivity contribution in [3.05, 3.63) is 35.9 Å². The number of likely N-dealkylation sites (N-methyl/N-ethyl adjacent to an activating group) is 1. The van der Waals surface area contributed by atoms with Gasteiger partial charge in [0.05, 0.1) is 11.6 Å². The Morgan fingerprint density at radius 2 is 2.00 bits per heavy atom. The summed E-state index contributed by atoms with van der Waals surface area (Å²) in [5, 5.41) is 11.0. The second-order valence-electron chi connectivity index (χ2n) is 7.88. The second-order valence-corrected chi connectivity index (χ2v) is 7.88. The summed E-state index contributed by atoms with van der Waals surface area (Å²) >= 11 is 0. The first kappa shape index (κ1) is 19.8. The Morgan fingerprint density at radius 3 is 2.59 bits per heavy atom. The lowest BCUT2D eigenvalue weighted by Crippen LogP contribution is -2.60. The largest absolute Gasteiger partial charge is 0.389 e. The van der Waals surface area contributed by atoms with E-state index < -0.39 is 11.6 Å². The minimum Gasteiger partial charge on any atom is -0.389 e. The third-order valence-electron chi connectivity index (χ3n) is 6.12. The first-order chi connectivity index (χ1) is 12.9. The summed E-state index contributed by atoms with van der Waals surface area (Å²) in [5.74, 6) is 0.274. The molecule has 0 spiro atoms. The predicted octanol–water partition coefficient (Wildman–Crippen LogP) is 1.44. The van der Waals surface area contributed by atoms with Crippen LogP contribution >= 0.6 is 0 Å². The van der Waals surface area contributed by atoms with Crippen LogP contribution < -0.4 is 0 Å². The standard InChI is InChI=1S/C21H31N3O3/c1-22(2)21(17-8-4-3-5-9-17)12-15-24(16-18(21)25)20(27)11-7-14-23-13-6-10-19(23)26/h3-5,8-9,18,25H,6-7,10-16H2,1-2H3/t18-,21+/m1/s1. The van der Waals surface area contributed by atoms with Gasteiger partial charge in [0.25, 0.3) is 0 Å². The number of piperidine rings is 1. The summed E-state index contributed by atoms with van der Waals surface area (Å²) in [4.78, 5) is 30.0. The summed E-state index contributed by atoms with van der Waals surface area (Å²) in [6.07, 6.45) is 2.73. The zero-order chi connectivity index (χ0) is 19.4. The molecule has 2 heterocycles. The van der Waals surface area contributed by atoms with E-state index >= 15 is 0 Å². The smallest absolute Gasteiger partial charge is 0.222 e. The van der Waals surface area contributed by atoms with Crippen molar-refractivity contribution in [2.24, 2.45) is 0 Å². The van der Waals surface area contributed by atoms with Gasteiger partial charge in [-0.1, -0.05) is 30.3 Å². The Hall–Kier alpha value is -1.92. The lowest BCUT2D eigenvalue weighted by molar-refractivity contribution is -0.141. The summed E-state index contributed by atoms with van der Waals surface area (Å²) in [6, 6.07) is 10.1. The van der Waals surface area contributed by atoms with Crippen molar-refractivity contribution in [1.82, 2.24) is 14.7 Å². The number of β-amino-alcohol motifs (C(OH)–C–C–N with tert-alkyl or cyclic N) is 1. The molecule has 0 bridgehead atoms. The van der Waals surface area contributed by atoms with Gasteiger partial charge in [0, 0.05) is 39.0 Å². The first-order valence-corrected chi connectivity index (χ1v) is 9.91. The average molecular weight is 373 g/mol. The Labute approximate surface area is 161 Å². The van der Waals surface area contributed by atoms with Crippen LogP contribution in [-0.2, 0) is 15.1 Å². The first-order valence-electron chi connectivity index (χ1n) is 9.91. The van der Waals surface area contributed by atoms with E-state index in [2.05, 4.69) is 4.90 Å². The molecule has 1 aromatic rings. The van der Waals surface area contributed by atoms with E-state index in [1.165, 1.54) is 0 Å². The highest BCUT2D eigenvalue weighted by atomic mass is 16.3. The predicted molar refractivity (Wildman–Crippen MR) is 104 cm³/mol. The Kier molecular flexibility index (Phi) is 6.17. The van der Waals surface area contributed by atoms with Crippen LogP contribution in [0.25, 0.3) is 0 Å². The van der Waals surface area contributed by atoms with Gasteiger partial charge in [-0.3, -0.25) is 14.5 Å². The van der Waals surface area contributed by atoms with Gasteiger partial charge in [0.2, 0.25) is 11.8 Å². The minimum atomic E-state index is -0.646. The zero-order valence-corrected chi connectivity index (χ0v) is 16.4. The SMILES string of the molecule is CN(C)[C@]1(c2ccccc2)CCN(C(=O)CCCN2CCCC2=O)C[C@H]1O. The third kappa shape index (κ3) is 4.01. The van der Waals surface area contributed by atoms with Gasteiger partial charge < -0.3 is 14.9 Å². The highest BCUT2D eigenvalue weighted by Gasteiger charge is 2.46. The monoisotopic (exact) mass is 373 g/mol. The molecule has 2 saturated heterocycles. The Bertz CT molecular complexity index is 664. The molecule has 6 nitrogen and oxygen atoms in total. The van der Waals surface area contributed by atoms with E-state index in [0.29, 0.717) is 45.3 Å². The van der Waals surface area contributed by atoms with Gasteiger partial charge in [-0.15, -0.1) is 0 Å². The van der Waals surface area contributed by atoms with Crippen LogP contribution in [0, 0.1) is 0 Å². The van der Waals surface area contributed by atoms with Crippen LogP contribution in [0.3, 0.4) is 0 Å². The molecule has 2 fully saturated rings. The van der Waals surface area contributed by atoms with Crippen LogP contribution in [0.4, 0.5) is 0 Å². The molecule has 0 saturated carbocycles. The molecule has 1 aromatic carbocycles. The fraction of sp³-hybridized carbons (Fsp3) is 0.619. The number of hydrogen-bond donors (Lipinski definition) is 1. The maximum atomic E-state index is 12.6. The molecule has 1 N–H and O–H groups in total. The summed E-state index contributed by atoms with van der Waals surface area (Å²) < 4.78 is 0. The molecule has 27 heavy (non-hydrogen) atoms. The summed E-state index contributed by atoms with van der Waals surface area (Å²) in [6.45, 7) is 2.45. The van der Waals surface area contributed by atoms with Crippen molar-refractivity contribution in [2.75, 3.05) is 40.3 Å². The van der Waals surface area contributed by atoms with Crippen molar-refractivity contribution in [1.29, 1.82) is 0 Å². The van der Waals surface area contributed by atoms with Crippen LogP contribution in [-0.4, -0.2) is 78.0 Å². The van der Waals surface area contributed by atoms with Gasteiger partial charge in [-0.05, 0) is 38.9 Å². The highest BCUT2D eigenvalue weighted by Crippen LogP contribution is 2.37. The molecule has 3 rings (SSSR count). The minimum absolute atomic E-state index is 0.0705. The van der Waals surface area contributed by atoms with E-state index in [0.717, 1.165) is 18.5 Å². The number of carbonyl (C=O) groups excluding carboxylic acids is 2. The van der Waals surface area contributed by atoms with Crippen LogP contribution in [0.5, 0.6) is 0 Å². The summed E-state index contributed by atoms with van der Waals surface area (Å²) in [5.41, 5.74) is 0.613. The topological polar surface area (TPSA) is 64.1 Å². The number of carbonyl (C=O) groups is 2.